The predicted octanol–water partition coefficient (Wildman–Crippen LogP) is 4.20. The number of hydrogen-bond donors (Lipinski definition) is 5. The largest absolute Gasteiger partial charge is 0.382 e. The molecule has 2 bridgehead atoms. The molecule has 0 aliphatic carbocycles. The van der Waals surface area contributed by atoms with Crippen molar-refractivity contribution in [3.8, 4) is 0 Å². The second-order valence-electron chi connectivity index (χ2n) is 11.5. The van der Waals surface area contributed by atoms with Gasteiger partial charge in [-0.15, -0.1) is 0 Å². The molecule has 2 fully saturated rings. The lowest BCUT2D eigenvalue weighted by atomic mass is 9.75. The van der Waals surface area contributed by atoms with Gasteiger partial charge in [0, 0.05) is 37.5 Å². The molecule has 10 nitrogen and oxygen atoms in total. The summed E-state index contributed by atoms with van der Waals surface area (Å²) in [6.45, 7) is 1.33. The number of carbonyl (C=O) groups excluding carboxylic acids is 2. The molecular weight excluding hydrogens is 564 g/mol. The number of carbonyl (C=O) groups is 2. The highest BCUT2D eigenvalue weighted by molar-refractivity contribution is 6.31. The maximum atomic E-state index is 13.7. The van der Waals surface area contributed by atoms with E-state index in [4.69, 9.17) is 28.5 Å². The van der Waals surface area contributed by atoms with E-state index in [2.05, 4.69) is 68.0 Å². The molecule has 0 saturated carbocycles. The van der Waals surface area contributed by atoms with Crippen molar-refractivity contribution >= 4 is 40.9 Å². The summed E-state index contributed by atoms with van der Waals surface area (Å²) in [6, 6.07) is 22.0. The minimum atomic E-state index is -0.725. The fourth-order valence-electron chi connectivity index (χ4n) is 6.60. The molecule has 43 heavy (non-hydrogen) atoms. The molecule has 3 aromatic rings. The lowest BCUT2D eigenvalue weighted by Gasteiger charge is -2.41. The summed E-state index contributed by atoms with van der Waals surface area (Å²) in [4.78, 5) is 36.5. The van der Waals surface area contributed by atoms with Crippen molar-refractivity contribution in [3.63, 3.8) is 0 Å². The second-order valence-corrected chi connectivity index (χ2v) is 11.9. The van der Waals surface area contributed by atoms with Gasteiger partial charge in [-0.3, -0.25) is 25.2 Å². The molecule has 11 heteroatoms. The van der Waals surface area contributed by atoms with Gasteiger partial charge in [-0.05, 0) is 55.6 Å². The van der Waals surface area contributed by atoms with Crippen LogP contribution in [0.1, 0.15) is 60.1 Å². The van der Waals surface area contributed by atoms with Gasteiger partial charge in [-0.25, -0.2) is 9.97 Å². The number of halogens is 1. The van der Waals surface area contributed by atoms with Gasteiger partial charge in [-0.2, -0.15) is 0 Å². The molecule has 226 valence electrons. The molecule has 0 spiro atoms. The Morgan fingerprint density at radius 3 is 2.23 bits per heavy atom. The first-order valence-corrected chi connectivity index (χ1v) is 15.2. The number of nitrogen functional groups attached to an aromatic ring is 2. The van der Waals surface area contributed by atoms with E-state index in [9.17, 15) is 9.59 Å². The minimum Gasteiger partial charge on any atom is -0.382 e. The highest BCUT2D eigenvalue weighted by Gasteiger charge is 2.44. The van der Waals surface area contributed by atoms with Crippen molar-refractivity contribution < 1.29 is 9.59 Å². The van der Waals surface area contributed by atoms with Crippen LogP contribution in [0.25, 0.3) is 0 Å². The summed E-state index contributed by atoms with van der Waals surface area (Å²) in [5.74, 6) is -0.638. The van der Waals surface area contributed by atoms with Crippen LogP contribution in [0, 0.1) is 17.2 Å². The maximum absolute atomic E-state index is 13.7. The molecule has 0 radical (unpaired) electrons. The number of anilines is 2. The van der Waals surface area contributed by atoms with Gasteiger partial charge in [0.15, 0.2) is 28.4 Å². The van der Waals surface area contributed by atoms with Crippen LogP contribution in [0.4, 0.5) is 11.6 Å². The molecule has 2 aromatic carbocycles. The van der Waals surface area contributed by atoms with Gasteiger partial charge in [0.1, 0.15) is 5.78 Å². The molecule has 2 saturated heterocycles. The Labute approximate surface area is 257 Å². The Morgan fingerprint density at radius 1 is 0.953 bits per heavy atom. The zero-order chi connectivity index (χ0) is 30.3. The lowest BCUT2D eigenvalue weighted by Crippen LogP contribution is -2.45. The topological polar surface area (TPSA) is 163 Å². The number of nitrogens with one attached hydrogen (secondary N) is 3. The fourth-order valence-corrected chi connectivity index (χ4v) is 6.72. The first kappa shape index (κ1) is 30.4. The maximum Gasteiger partial charge on any atom is 0.280 e. The summed E-state index contributed by atoms with van der Waals surface area (Å²) < 4.78 is 0. The zero-order valence-electron chi connectivity index (χ0n) is 24.1. The van der Waals surface area contributed by atoms with Crippen molar-refractivity contribution in [2.24, 2.45) is 11.8 Å². The van der Waals surface area contributed by atoms with E-state index in [0.717, 1.165) is 25.8 Å². The number of rotatable bonds is 11. The van der Waals surface area contributed by atoms with Crippen LogP contribution in [-0.4, -0.2) is 51.1 Å². The Hall–Kier alpha value is -4.02. The lowest BCUT2D eigenvalue weighted by molar-refractivity contribution is -0.125. The third kappa shape index (κ3) is 7.69. The number of guanidine groups is 1. The number of benzene rings is 2. The summed E-state index contributed by atoms with van der Waals surface area (Å²) in [5, 5.41) is 13.2. The molecule has 3 heterocycles. The average molecular weight is 603 g/mol. The van der Waals surface area contributed by atoms with Gasteiger partial charge in [-0.1, -0.05) is 72.3 Å². The van der Waals surface area contributed by atoms with Crippen molar-refractivity contribution in [1.29, 1.82) is 5.41 Å². The minimum absolute atomic E-state index is 0.0413. The molecular formula is C32H39ClN8O2. The third-order valence-electron chi connectivity index (χ3n) is 8.67. The van der Waals surface area contributed by atoms with E-state index in [0.29, 0.717) is 37.4 Å². The number of fused-ring (bicyclic) bond motifs is 2. The highest BCUT2D eigenvalue weighted by Crippen LogP contribution is 2.43. The van der Waals surface area contributed by atoms with Gasteiger partial charge >= 0.3 is 0 Å². The van der Waals surface area contributed by atoms with Crippen molar-refractivity contribution in [2.45, 2.75) is 63.6 Å². The van der Waals surface area contributed by atoms with E-state index < -0.39 is 5.91 Å². The van der Waals surface area contributed by atoms with Crippen molar-refractivity contribution in [1.82, 2.24) is 25.5 Å². The Bertz CT molecular complexity index is 1420. The van der Waals surface area contributed by atoms with Gasteiger partial charge in [0.05, 0.1) is 0 Å². The SMILES string of the molecule is N=C(NCCCC(=O)C(Cc1ccccc1)C1CC2CC[C@H](C1)N2Cc1ccccc1)NC(=O)c1nc(Cl)c(N)nc1N. The van der Waals surface area contributed by atoms with Gasteiger partial charge < -0.3 is 16.8 Å². The quantitative estimate of drug-likeness (QED) is 0.124. The summed E-state index contributed by atoms with van der Waals surface area (Å²) in [5.41, 5.74) is 13.6. The molecule has 5 rings (SSSR count). The smallest absolute Gasteiger partial charge is 0.280 e. The Balaban J connectivity index is 1.15. The van der Waals surface area contributed by atoms with E-state index in [-0.39, 0.29) is 40.1 Å². The number of aromatic nitrogens is 2. The normalized spacial score (nSPS) is 20.3. The second kappa shape index (κ2) is 14.0. The van der Waals surface area contributed by atoms with Crippen LogP contribution in [0.15, 0.2) is 60.7 Å². The standard InChI is InChI=1S/C32H39ClN8O2/c33-28-30(35)39-29(34)27(38-28)31(43)40-32(36)37-15-7-12-26(42)25(16-20-8-3-1-4-9-20)22-17-23-13-14-24(18-22)41(23)19-21-10-5-2-6-11-21/h1-6,8-11,22-25H,7,12-19H2,(H4,34,35,39)(H3,36,37,40,43)/t22?,23-,24?,25?/m1/s1. The fraction of sp³-hybridized carbons (Fsp3) is 0.406. The number of nitrogens with zero attached hydrogens (tertiary/aromatic N) is 3. The first-order chi connectivity index (χ1) is 20.8. The summed E-state index contributed by atoms with van der Waals surface area (Å²) in [7, 11) is 0. The molecule has 1 amide bonds. The number of ketones is 1. The van der Waals surface area contributed by atoms with Crippen molar-refractivity contribution in [2.75, 3.05) is 18.0 Å². The highest BCUT2D eigenvalue weighted by atomic mass is 35.5. The summed E-state index contributed by atoms with van der Waals surface area (Å²) in [6.07, 6.45) is 6.16. The van der Waals surface area contributed by atoms with Crippen LogP contribution in [0.2, 0.25) is 5.15 Å². The number of nitrogens with two attached hydrogens (primary N) is 2. The van der Waals surface area contributed by atoms with E-state index in [1.165, 1.54) is 24.0 Å². The number of amides is 1. The molecule has 2 aliphatic rings. The first-order valence-electron chi connectivity index (χ1n) is 14.9. The van der Waals surface area contributed by atoms with Crippen molar-refractivity contribution in [3.05, 3.63) is 82.6 Å². The number of piperidine rings is 1. The molecule has 1 aromatic heterocycles. The van der Waals surface area contributed by atoms with E-state index >= 15 is 0 Å². The van der Waals surface area contributed by atoms with Gasteiger partial charge in [0.25, 0.3) is 5.91 Å². The van der Waals surface area contributed by atoms with Crippen LogP contribution < -0.4 is 22.1 Å². The number of Topliss-reactive ketones (excluding diaryl/α,β-unsaturated/α-hetero) is 1. The summed E-state index contributed by atoms with van der Waals surface area (Å²) >= 11 is 5.85. The Kier molecular flexibility index (Phi) is 9.89. The molecule has 2 aliphatic heterocycles. The van der Waals surface area contributed by atoms with Crippen LogP contribution in [0.3, 0.4) is 0 Å². The molecule has 4 atom stereocenters. The Morgan fingerprint density at radius 2 is 1.58 bits per heavy atom. The van der Waals surface area contributed by atoms with Crippen LogP contribution >= 0.6 is 11.6 Å². The van der Waals surface area contributed by atoms with Gasteiger partial charge in [0.2, 0.25) is 0 Å². The third-order valence-corrected chi connectivity index (χ3v) is 8.95. The van der Waals surface area contributed by atoms with Crippen LogP contribution in [-0.2, 0) is 17.8 Å². The molecule has 3 unspecified atom stereocenters. The van der Waals surface area contributed by atoms with E-state index in [1.807, 2.05) is 18.2 Å². The number of hydrogen-bond acceptors (Lipinski definition) is 8. The predicted molar refractivity (Wildman–Crippen MR) is 168 cm³/mol. The average Bonchev–Trinajstić information content (AvgIpc) is 3.22. The van der Waals surface area contributed by atoms with E-state index in [1.54, 1.807) is 0 Å². The van der Waals surface area contributed by atoms with Crippen LogP contribution in [0.5, 0.6) is 0 Å². The molecule has 7 N–H and O–H groups in total. The zero-order valence-corrected chi connectivity index (χ0v) is 24.9. The monoisotopic (exact) mass is 602 g/mol.